The lowest BCUT2D eigenvalue weighted by Crippen LogP contribution is -2.38. The Kier molecular flexibility index (Phi) is 5.38. The molecule has 0 atom stereocenters. The maximum Gasteiger partial charge on any atom is 0.122 e. The molecule has 3 heteroatoms. The highest BCUT2D eigenvalue weighted by atomic mass is 16.5. The van der Waals surface area contributed by atoms with Crippen molar-refractivity contribution in [3.63, 3.8) is 0 Å². The lowest BCUT2D eigenvalue weighted by atomic mass is 9.98. The molecule has 0 radical (unpaired) electrons. The average Bonchev–Trinajstić information content (AvgIpc) is 2.38. The van der Waals surface area contributed by atoms with Gasteiger partial charge in [-0.25, -0.2) is 0 Å². The van der Waals surface area contributed by atoms with E-state index in [9.17, 15) is 0 Å². The second-order valence-electron chi connectivity index (χ2n) is 5.64. The Bertz CT molecular complexity index is 458. The number of hydrogen-bond acceptors (Lipinski definition) is 3. The Morgan fingerprint density at radius 1 is 1.37 bits per heavy atom. The van der Waals surface area contributed by atoms with Crippen LogP contribution in [0.25, 0.3) is 0 Å². The molecule has 0 aliphatic carbocycles. The van der Waals surface area contributed by atoms with Crippen LogP contribution in [0.3, 0.4) is 0 Å². The maximum atomic E-state index is 8.97. The summed E-state index contributed by atoms with van der Waals surface area (Å²) in [7, 11) is 1.69. The lowest BCUT2D eigenvalue weighted by Gasteiger charge is -2.18. The van der Waals surface area contributed by atoms with Gasteiger partial charge in [0.05, 0.1) is 13.2 Å². The quantitative estimate of drug-likeness (QED) is 0.854. The fourth-order valence-electron chi connectivity index (χ4n) is 1.90. The molecule has 104 valence electrons. The standard InChI is InChI=1S/C16H24N2O/c1-12(2)13-6-7-15(19-5)14(10-13)8-9-18-16(3,4)11-17/h6-7,10,12,18H,8-9H2,1-5H3. The van der Waals surface area contributed by atoms with Crippen LogP contribution in [0, 0.1) is 11.3 Å². The molecule has 0 fully saturated rings. The minimum Gasteiger partial charge on any atom is -0.496 e. The number of benzene rings is 1. The van der Waals surface area contributed by atoms with E-state index in [1.54, 1.807) is 7.11 Å². The molecule has 0 aliphatic heterocycles. The van der Waals surface area contributed by atoms with Gasteiger partial charge in [-0.05, 0) is 43.4 Å². The zero-order chi connectivity index (χ0) is 14.5. The van der Waals surface area contributed by atoms with Crippen molar-refractivity contribution in [3.8, 4) is 11.8 Å². The van der Waals surface area contributed by atoms with E-state index in [0.29, 0.717) is 5.92 Å². The fraction of sp³-hybridized carbons (Fsp3) is 0.562. The summed E-state index contributed by atoms with van der Waals surface area (Å²) < 4.78 is 5.40. The highest BCUT2D eigenvalue weighted by molar-refractivity contribution is 5.38. The van der Waals surface area contributed by atoms with Crippen LogP contribution in [-0.2, 0) is 6.42 Å². The van der Waals surface area contributed by atoms with Gasteiger partial charge in [-0.2, -0.15) is 5.26 Å². The normalized spacial score (nSPS) is 11.4. The average molecular weight is 260 g/mol. The number of ether oxygens (including phenoxy) is 1. The number of methoxy groups -OCH3 is 1. The Hall–Kier alpha value is -1.53. The van der Waals surface area contributed by atoms with Crippen LogP contribution in [0.4, 0.5) is 0 Å². The first-order valence-electron chi connectivity index (χ1n) is 6.72. The summed E-state index contributed by atoms with van der Waals surface area (Å²) in [6.45, 7) is 8.90. The molecule has 0 saturated carbocycles. The van der Waals surface area contributed by atoms with Crippen LogP contribution in [0.15, 0.2) is 18.2 Å². The predicted octanol–water partition coefficient (Wildman–Crippen LogP) is 3.25. The highest BCUT2D eigenvalue weighted by Gasteiger charge is 2.15. The molecule has 0 amide bonds. The molecule has 0 heterocycles. The van der Waals surface area contributed by atoms with Crippen LogP contribution < -0.4 is 10.1 Å². The first kappa shape index (κ1) is 15.5. The van der Waals surface area contributed by atoms with Gasteiger partial charge in [0.25, 0.3) is 0 Å². The smallest absolute Gasteiger partial charge is 0.122 e. The number of nitriles is 1. The van der Waals surface area contributed by atoms with Crippen LogP contribution in [0.1, 0.15) is 44.7 Å². The molecule has 3 nitrogen and oxygen atoms in total. The molecule has 0 spiro atoms. The number of nitrogens with zero attached hydrogens (tertiary/aromatic N) is 1. The lowest BCUT2D eigenvalue weighted by molar-refractivity contribution is 0.407. The molecule has 0 aromatic heterocycles. The highest BCUT2D eigenvalue weighted by Crippen LogP contribution is 2.24. The van der Waals surface area contributed by atoms with E-state index in [1.165, 1.54) is 11.1 Å². The zero-order valence-electron chi connectivity index (χ0n) is 12.6. The monoisotopic (exact) mass is 260 g/mol. The predicted molar refractivity (Wildman–Crippen MR) is 78.5 cm³/mol. The largest absolute Gasteiger partial charge is 0.496 e. The van der Waals surface area contributed by atoms with Crippen molar-refractivity contribution < 1.29 is 4.74 Å². The van der Waals surface area contributed by atoms with E-state index in [1.807, 2.05) is 19.9 Å². The number of rotatable bonds is 6. The molecular weight excluding hydrogens is 236 g/mol. The van der Waals surface area contributed by atoms with Crippen molar-refractivity contribution >= 4 is 0 Å². The Morgan fingerprint density at radius 2 is 2.05 bits per heavy atom. The van der Waals surface area contributed by atoms with Gasteiger partial charge in [0.2, 0.25) is 0 Å². The van der Waals surface area contributed by atoms with Crippen molar-refractivity contribution in [3.05, 3.63) is 29.3 Å². The van der Waals surface area contributed by atoms with Gasteiger partial charge in [0, 0.05) is 6.54 Å². The zero-order valence-corrected chi connectivity index (χ0v) is 12.6. The van der Waals surface area contributed by atoms with E-state index in [4.69, 9.17) is 10.00 Å². The molecule has 1 aromatic carbocycles. The molecule has 0 saturated heterocycles. The van der Waals surface area contributed by atoms with Crippen molar-refractivity contribution in [2.24, 2.45) is 0 Å². The molecule has 1 N–H and O–H groups in total. The van der Waals surface area contributed by atoms with Gasteiger partial charge in [0.15, 0.2) is 0 Å². The SMILES string of the molecule is COc1ccc(C(C)C)cc1CCNC(C)(C)C#N. The first-order chi connectivity index (χ1) is 8.89. The van der Waals surface area contributed by atoms with E-state index in [2.05, 4.69) is 37.4 Å². The summed E-state index contributed by atoms with van der Waals surface area (Å²) in [4.78, 5) is 0. The molecule has 0 bridgehead atoms. The van der Waals surface area contributed by atoms with Crippen molar-refractivity contribution in [2.75, 3.05) is 13.7 Å². The fourth-order valence-corrected chi connectivity index (χ4v) is 1.90. The minimum absolute atomic E-state index is 0.483. The summed E-state index contributed by atoms with van der Waals surface area (Å²) in [6.07, 6.45) is 0.856. The second kappa shape index (κ2) is 6.58. The Morgan fingerprint density at radius 3 is 2.58 bits per heavy atom. The van der Waals surface area contributed by atoms with Gasteiger partial charge in [-0.15, -0.1) is 0 Å². The minimum atomic E-state index is -0.483. The second-order valence-corrected chi connectivity index (χ2v) is 5.64. The molecular formula is C16H24N2O. The molecule has 0 unspecified atom stereocenters. The van der Waals surface area contributed by atoms with Crippen LogP contribution >= 0.6 is 0 Å². The Labute approximate surface area is 116 Å². The van der Waals surface area contributed by atoms with Crippen molar-refractivity contribution in [1.82, 2.24) is 5.32 Å². The van der Waals surface area contributed by atoms with E-state index in [0.717, 1.165) is 18.7 Å². The third-order valence-electron chi connectivity index (χ3n) is 3.21. The van der Waals surface area contributed by atoms with Crippen LogP contribution in [0.2, 0.25) is 0 Å². The molecule has 1 aromatic rings. The van der Waals surface area contributed by atoms with Gasteiger partial charge in [0.1, 0.15) is 11.3 Å². The van der Waals surface area contributed by atoms with Gasteiger partial charge < -0.3 is 4.74 Å². The third-order valence-corrected chi connectivity index (χ3v) is 3.21. The van der Waals surface area contributed by atoms with Crippen molar-refractivity contribution in [1.29, 1.82) is 5.26 Å². The summed E-state index contributed by atoms with van der Waals surface area (Å²) in [6, 6.07) is 8.58. The number of hydrogen-bond donors (Lipinski definition) is 1. The van der Waals surface area contributed by atoms with Gasteiger partial charge in [-0.3, -0.25) is 5.32 Å². The topological polar surface area (TPSA) is 45.0 Å². The molecule has 19 heavy (non-hydrogen) atoms. The van der Waals surface area contributed by atoms with Gasteiger partial charge >= 0.3 is 0 Å². The number of nitrogens with one attached hydrogen (secondary N) is 1. The van der Waals surface area contributed by atoms with E-state index < -0.39 is 5.54 Å². The summed E-state index contributed by atoms with van der Waals surface area (Å²) in [5.41, 5.74) is 2.02. The van der Waals surface area contributed by atoms with Gasteiger partial charge in [-0.1, -0.05) is 26.0 Å². The van der Waals surface area contributed by atoms with Crippen LogP contribution in [-0.4, -0.2) is 19.2 Å². The summed E-state index contributed by atoms with van der Waals surface area (Å²) >= 11 is 0. The third kappa shape index (κ3) is 4.57. The summed E-state index contributed by atoms with van der Waals surface area (Å²) in [5, 5.41) is 12.2. The first-order valence-corrected chi connectivity index (χ1v) is 6.72. The van der Waals surface area contributed by atoms with E-state index >= 15 is 0 Å². The molecule has 1 rings (SSSR count). The van der Waals surface area contributed by atoms with Crippen molar-refractivity contribution in [2.45, 2.75) is 45.6 Å². The van der Waals surface area contributed by atoms with Crippen LogP contribution in [0.5, 0.6) is 5.75 Å². The maximum absolute atomic E-state index is 8.97. The Balaban J connectivity index is 2.76. The molecule has 0 aliphatic rings. The van der Waals surface area contributed by atoms with E-state index in [-0.39, 0.29) is 0 Å². The summed E-state index contributed by atoms with van der Waals surface area (Å²) in [5.74, 6) is 1.43.